The summed E-state index contributed by atoms with van der Waals surface area (Å²) in [6, 6.07) is 8.95. The first-order chi connectivity index (χ1) is 14.0. The summed E-state index contributed by atoms with van der Waals surface area (Å²) in [5.74, 6) is 4.05. The number of hydrogen-bond acceptors (Lipinski definition) is 3. The highest BCUT2D eigenvalue weighted by molar-refractivity contribution is 9.10. The fraction of sp³-hybridized carbons (Fsp3) is 0.522. The first-order valence-electron chi connectivity index (χ1n) is 10.4. The quantitative estimate of drug-likeness (QED) is 0.536. The summed E-state index contributed by atoms with van der Waals surface area (Å²) >= 11 is 9.55. The van der Waals surface area contributed by atoms with Gasteiger partial charge >= 0.3 is 0 Å². The molecule has 1 N–H and O–H groups in total. The number of benzene rings is 1. The summed E-state index contributed by atoms with van der Waals surface area (Å²) in [6.07, 6.45) is 8.09. The number of furan rings is 1. The molecule has 1 amide bonds. The molecule has 4 bridgehead atoms. The fourth-order valence-corrected chi connectivity index (χ4v) is 6.91. The van der Waals surface area contributed by atoms with Crippen molar-refractivity contribution < 1.29 is 13.9 Å². The number of ether oxygens (including phenoxy) is 1. The number of hydrogen-bond donors (Lipinski definition) is 1. The van der Waals surface area contributed by atoms with Gasteiger partial charge in [0.15, 0.2) is 5.76 Å². The molecule has 1 heterocycles. The molecule has 0 aliphatic heterocycles. The molecule has 0 radical (unpaired) electrons. The van der Waals surface area contributed by atoms with Crippen LogP contribution in [0.15, 0.2) is 39.2 Å². The Hall–Kier alpha value is -1.46. The highest BCUT2D eigenvalue weighted by Gasteiger charge is 2.50. The van der Waals surface area contributed by atoms with E-state index >= 15 is 0 Å². The van der Waals surface area contributed by atoms with Crippen LogP contribution in [-0.4, -0.2) is 12.5 Å². The van der Waals surface area contributed by atoms with Crippen LogP contribution in [0, 0.1) is 23.2 Å². The Labute approximate surface area is 184 Å². The minimum atomic E-state index is -0.131. The van der Waals surface area contributed by atoms with Crippen LogP contribution in [0.3, 0.4) is 0 Å². The zero-order chi connectivity index (χ0) is 20.0. The lowest BCUT2D eigenvalue weighted by molar-refractivity contribution is -0.0504. The summed E-state index contributed by atoms with van der Waals surface area (Å²) in [5.41, 5.74) is 0.321. The maximum Gasteiger partial charge on any atom is 0.287 e. The van der Waals surface area contributed by atoms with Gasteiger partial charge in [0.25, 0.3) is 5.91 Å². The van der Waals surface area contributed by atoms with E-state index in [0.717, 1.165) is 28.8 Å². The minimum Gasteiger partial charge on any atom is -0.484 e. The summed E-state index contributed by atoms with van der Waals surface area (Å²) in [5, 5.41) is 3.69. The fourth-order valence-electron chi connectivity index (χ4n) is 6.18. The van der Waals surface area contributed by atoms with E-state index in [9.17, 15) is 4.79 Å². The molecule has 6 heteroatoms. The molecule has 0 atom stereocenters. The zero-order valence-corrected chi connectivity index (χ0v) is 18.6. The summed E-state index contributed by atoms with van der Waals surface area (Å²) < 4.78 is 12.3. The second-order valence-corrected chi connectivity index (χ2v) is 10.6. The van der Waals surface area contributed by atoms with Crippen molar-refractivity contribution in [1.29, 1.82) is 0 Å². The molecule has 2 aromatic rings. The van der Waals surface area contributed by atoms with Crippen molar-refractivity contribution in [2.45, 2.75) is 45.1 Å². The molecule has 0 unspecified atom stereocenters. The van der Waals surface area contributed by atoms with E-state index in [1.165, 1.54) is 38.5 Å². The van der Waals surface area contributed by atoms with Gasteiger partial charge in [-0.25, -0.2) is 0 Å². The third-order valence-corrected chi connectivity index (χ3v) is 7.73. The number of carbonyl (C=O) groups is 1. The van der Waals surface area contributed by atoms with Gasteiger partial charge in [-0.15, -0.1) is 0 Å². The van der Waals surface area contributed by atoms with Crippen LogP contribution in [0.5, 0.6) is 5.75 Å². The first-order valence-corrected chi connectivity index (χ1v) is 11.6. The molecular formula is C23H25BrClNO3. The molecule has 4 aliphatic rings. The van der Waals surface area contributed by atoms with Crippen molar-refractivity contribution in [3.8, 4) is 5.75 Å². The van der Waals surface area contributed by atoms with Crippen molar-refractivity contribution in [3.05, 3.63) is 51.3 Å². The molecule has 0 spiro atoms. The molecule has 6 rings (SSSR count). The molecule has 154 valence electrons. The van der Waals surface area contributed by atoms with Crippen LogP contribution in [0.25, 0.3) is 0 Å². The van der Waals surface area contributed by atoms with Crippen molar-refractivity contribution in [2.75, 3.05) is 6.54 Å². The predicted molar refractivity (Wildman–Crippen MR) is 115 cm³/mol. The summed E-state index contributed by atoms with van der Waals surface area (Å²) in [6.45, 7) is 1.000. The van der Waals surface area contributed by atoms with Gasteiger partial charge in [-0.05, 0) is 92.0 Å². The average molecular weight is 479 g/mol. The first kappa shape index (κ1) is 19.5. The third-order valence-electron chi connectivity index (χ3n) is 6.94. The van der Waals surface area contributed by atoms with Gasteiger partial charge in [0.2, 0.25) is 0 Å². The lowest BCUT2D eigenvalue weighted by atomic mass is 9.49. The lowest BCUT2D eigenvalue weighted by Crippen LogP contribution is -2.51. The number of halogens is 2. The molecule has 4 aliphatic carbocycles. The maximum atomic E-state index is 12.6. The topological polar surface area (TPSA) is 51.5 Å². The second kappa shape index (κ2) is 7.66. The smallest absolute Gasteiger partial charge is 0.287 e. The molecule has 1 aromatic heterocycles. The second-order valence-electron chi connectivity index (χ2n) is 9.23. The average Bonchev–Trinajstić information content (AvgIpc) is 3.13. The van der Waals surface area contributed by atoms with E-state index in [0.29, 0.717) is 27.7 Å². The SMILES string of the molecule is O=C(NCC12CC3CC(CC(C3)C1)C2)c1ccc(COc2ccc(Br)cc2Cl)o1. The Bertz CT molecular complexity index is 889. The third kappa shape index (κ3) is 4.09. The molecular weight excluding hydrogens is 454 g/mol. The van der Waals surface area contributed by atoms with Crippen molar-refractivity contribution in [3.63, 3.8) is 0 Å². The van der Waals surface area contributed by atoms with Crippen LogP contribution in [0.2, 0.25) is 5.02 Å². The van der Waals surface area contributed by atoms with Crippen molar-refractivity contribution >= 4 is 33.4 Å². The van der Waals surface area contributed by atoms with Gasteiger partial charge in [0, 0.05) is 11.0 Å². The standard InChI is InChI=1S/C23H25BrClNO3/c24-17-1-3-20(19(25)8-17)28-12-18-2-4-21(29-18)22(27)26-13-23-9-14-5-15(10-23)7-16(6-14)11-23/h1-4,8,14-16H,5-7,9-13H2,(H,26,27). The molecule has 4 saturated carbocycles. The lowest BCUT2D eigenvalue weighted by Gasteiger charge is -2.56. The zero-order valence-electron chi connectivity index (χ0n) is 16.3. The molecule has 0 saturated heterocycles. The number of amides is 1. The van der Waals surface area contributed by atoms with E-state index in [4.69, 9.17) is 20.8 Å². The van der Waals surface area contributed by atoms with Gasteiger partial charge in [0.05, 0.1) is 5.02 Å². The van der Waals surface area contributed by atoms with Crippen LogP contribution in [0.1, 0.15) is 54.8 Å². The number of nitrogens with one attached hydrogen (secondary N) is 1. The number of rotatable bonds is 6. The Balaban J connectivity index is 1.17. The van der Waals surface area contributed by atoms with Crippen LogP contribution in [0.4, 0.5) is 0 Å². The Morgan fingerprint density at radius 3 is 2.48 bits per heavy atom. The molecule has 1 aromatic carbocycles. The monoisotopic (exact) mass is 477 g/mol. The Morgan fingerprint density at radius 2 is 1.83 bits per heavy atom. The summed E-state index contributed by atoms with van der Waals surface area (Å²) in [4.78, 5) is 12.6. The summed E-state index contributed by atoms with van der Waals surface area (Å²) in [7, 11) is 0. The van der Waals surface area contributed by atoms with E-state index in [1.807, 2.05) is 6.07 Å². The predicted octanol–water partition coefficient (Wildman–Crippen LogP) is 6.22. The molecule has 4 nitrogen and oxygen atoms in total. The normalized spacial score (nSPS) is 29.8. The van der Waals surface area contributed by atoms with Crippen LogP contribution >= 0.6 is 27.5 Å². The molecule has 4 fully saturated rings. The maximum absolute atomic E-state index is 12.6. The highest BCUT2D eigenvalue weighted by Crippen LogP contribution is 2.59. The van der Waals surface area contributed by atoms with E-state index in [2.05, 4.69) is 21.2 Å². The minimum absolute atomic E-state index is 0.131. The van der Waals surface area contributed by atoms with Gasteiger partial charge in [-0.1, -0.05) is 27.5 Å². The van der Waals surface area contributed by atoms with E-state index in [-0.39, 0.29) is 12.5 Å². The highest BCUT2D eigenvalue weighted by atomic mass is 79.9. The Morgan fingerprint density at radius 1 is 1.14 bits per heavy atom. The van der Waals surface area contributed by atoms with Crippen molar-refractivity contribution in [1.82, 2.24) is 5.32 Å². The van der Waals surface area contributed by atoms with Gasteiger partial charge in [-0.2, -0.15) is 0 Å². The van der Waals surface area contributed by atoms with Gasteiger partial charge in [-0.3, -0.25) is 4.79 Å². The Kier molecular flexibility index (Phi) is 5.15. The van der Waals surface area contributed by atoms with Gasteiger partial charge in [0.1, 0.15) is 18.1 Å². The van der Waals surface area contributed by atoms with Crippen LogP contribution < -0.4 is 10.1 Å². The van der Waals surface area contributed by atoms with Crippen LogP contribution in [-0.2, 0) is 6.61 Å². The van der Waals surface area contributed by atoms with Gasteiger partial charge < -0.3 is 14.5 Å². The van der Waals surface area contributed by atoms with E-state index < -0.39 is 0 Å². The van der Waals surface area contributed by atoms with Crippen molar-refractivity contribution in [2.24, 2.45) is 23.2 Å². The number of carbonyl (C=O) groups excluding carboxylic acids is 1. The molecule has 29 heavy (non-hydrogen) atoms. The van der Waals surface area contributed by atoms with E-state index in [1.54, 1.807) is 24.3 Å². The largest absolute Gasteiger partial charge is 0.484 e.